The van der Waals surface area contributed by atoms with Gasteiger partial charge in [-0.05, 0) is 56.3 Å². The van der Waals surface area contributed by atoms with Gasteiger partial charge in [-0.1, -0.05) is 41.9 Å². The van der Waals surface area contributed by atoms with Gasteiger partial charge in [0.15, 0.2) is 0 Å². The number of para-hydroxylation sites is 2. The summed E-state index contributed by atoms with van der Waals surface area (Å²) in [7, 11) is 0. The van der Waals surface area contributed by atoms with E-state index in [1.165, 1.54) is 9.80 Å². The Balaban J connectivity index is 1.71. The monoisotopic (exact) mass is 488 g/mol. The zero-order valence-corrected chi connectivity index (χ0v) is 20.2. The van der Waals surface area contributed by atoms with Crippen molar-refractivity contribution in [1.82, 2.24) is 4.90 Å². The fourth-order valence-electron chi connectivity index (χ4n) is 4.94. The number of hydrogen-bond acceptors (Lipinski definition) is 4. The van der Waals surface area contributed by atoms with E-state index < -0.39 is 11.6 Å². The number of amides is 3. The second-order valence-electron chi connectivity index (χ2n) is 8.47. The van der Waals surface area contributed by atoms with Crippen molar-refractivity contribution in [1.29, 1.82) is 0 Å². The highest BCUT2D eigenvalue weighted by atomic mass is 35.5. The molecule has 0 saturated carbocycles. The van der Waals surface area contributed by atoms with Gasteiger partial charge in [-0.25, -0.2) is 0 Å². The number of benzene rings is 3. The molecule has 0 unspecified atom stereocenters. The van der Waals surface area contributed by atoms with Gasteiger partial charge in [0.2, 0.25) is 11.6 Å². The molecule has 0 aliphatic carbocycles. The lowest BCUT2D eigenvalue weighted by Crippen LogP contribution is -2.63. The Kier molecular flexibility index (Phi) is 5.73. The van der Waals surface area contributed by atoms with Gasteiger partial charge < -0.3 is 10.2 Å². The second kappa shape index (κ2) is 8.74. The lowest BCUT2D eigenvalue weighted by molar-refractivity contribution is -0.131. The van der Waals surface area contributed by atoms with Gasteiger partial charge in [0.05, 0.1) is 11.3 Å². The van der Waals surface area contributed by atoms with Crippen LogP contribution in [0.1, 0.15) is 29.8 Å². The average molecular weight is 489 g/mol. The number of halogens is 1. The Hall–Kier alpha value is -3.84. The summed E-state index contributed by atoms with van der Waals surface area (Å²) >= 11 is 6.13. The second-order valence-corrected chi connectivity index (χ2v) is 8.91. The molecule has 0 aromatic heterocycles. The first-order chi connectivity index (χ1) is 16.9. The van der Waals surface area contributed by atoms with E-state index >= 15 is 0 Å². The van der Waals surface area contributed by atoms with Crippen molar-refractivity contribution in [3.05, 3.63) is 88.9 Å². The number of carbonyl (C=O) groups is 3. The Morgan fingerprint density at radius 1 is 0.943 bits per heavy atom. The van der Waals surface area contributed by atoms with Gasteiger partial charge in [0.1, 0.15) is 6.54 Å². The molecule has 8 heteroatoms. The fraction of sp³-hybridized carbons (Fsp3) is 0.222. The third-order valence-electron chi connectivity index (χ3n) is 6.65. The van der Waals surface area contributed by atoms with Crippen LogP contribution in [-0.2, 0) is 15.3 Å². The molecule has 1 spiro atoms. The van der Waals surface area contributed by atoms with Crippen molar-refractivity contribution in [3.63, 3.8) is 0 Å². The number of nitrogens with one attached hydrogen (secondary N) is 1. The minimum absolute atomic E-state index is 0.120. The highest BCUT2D eigenvalue weighted by Gasteiger charge is 2.60. The van der Waals surface area contributed by atoms with E-state index in [1.54, 1.807) is 47.4 Å². The molecule has 7 nitrogen and oxygen atoms in total. The lowest BCUT2D eigenvalue weighted by atomic mass is 9.92. The molecule has 2 aliphatic heterocycles. The molecule has 1 atom stereocenters. The van der Waals surface area contributed by atoms with Crippen LogP contribution >= 0.6 is 11.6 Å². The number of likely N-dealkylation sites (N-methyl/N-ethyl adjacent to an activating group) is 1. The number of hydrogen-bond donors (Lipinski definition) is 1. The van der Waals surface area contributed by atoms with Gasteiger partial charge in [0, 0.05) is 35.1 Å². The molecule has 5 rings (SSSR count). The SMILES string of the molecule is CCN(CC)C(=O)CN1C(=O)[C@@]2(Nc3ccccc3C(=O)N2c2ccc(Cl)cc2)c2ccccc21. The van der Waals surface area contributed by atoms with E-state index in [9.17, 15) is 14.4 Å². The summed E-state index contributed by atoms with van der Waals surface area (Å²) in [5, 5.41) is 3.91. The third-order valence-corrected chi connectivity index (χ3v) is 6.90. The number of rotatable bonds is 5. The van der Waals surface area contributed by atoms with E-state index in [2.05, 4.69) is 5.32 Å². The minimum Gasteiger partial charge on any atom is -0.350 e. The van der Waals surface area contributed by atoms with E-state index in [1.807, 2.05) is 44.2 Å². The van der Waals surface area contributed by atoms with Crippen LogP contribution < -0.4 is 15.1 Å². The molecule has 3 aromatic carbocycles. The molecule has 178 valence electrons. The first kappa shape index (κ1) is 22.9. The largest absolute Gasteiger partial charge is 0.350 e. The van der Waals surface area contributed by atoms with Crippen molar-refractivity contribution >= 4 is 46.4 Å². The maximum atomic E-state index is 14.4. The number of nitrogens with zero attached hydrogens (tertiary/aromatic N) is 3. The Morgan fingerprint density at radius 3 is 2.31 bits per heavy atom. The Bertz CT molecular complexity index is 1320. The van der Waals surface area contributed by atoms with Gasteiger partial charge in [-0.2, -0.15) is 0 Å². The van der Waals surface area contributed by atoms with Gasteiger partial charge in [-0.15, -0.1) is 0 Å². The van der Waals surface area contributed by atoms with Crippen LogP contribution in [0.15, 0.2) is 72.8 Å². The first-order valence-corrected chi connectivity index (χ1v) is 12.0. The van der Waals surface area contributed by atoms with E-state index in [-0.39, 0.29) is 18.4 Å². The topological polar surface area (TPSA) is 73.0 Å². The molecule has 0 radical (unpaired) electrons. The predicted octanol–water partition coefficient (Wildman–Crippen LogP) is 4.48. The van der Waals surface area contributed by atoms with Crippen LogP contribution in [0.3, 0.4) is 0 Å². The standard InChI is InChI=1S/C27H25ClN4O3/c1-3-30(4-2)24(33)17-31-23-12-8-6-10-21(23)27(26(31)35)29-22-11-7-5-9-20(22)25(34)32(27)19-15-13-18(28)14-16-19/h5-16,29H,3-4,17H2,1-2H3/t27-/m1/s1. The van der Waals surface area contributed by atoms with Crippen molar-refractivity contribution in [2.24, 2.45) is 0 Å². The van der Waals surface area contributed by atoms with Gasteiger partial charge >= 0.3 is 0 Å². The highest BCUT2D eigenvalue weighted by molar-refractivity contribution is 6.30. The number of fused-ring (bicyclic) bond motifs is 3. The van der Waals surface area contributed by atoms with Crippen molar-refractivity contribution < 1.29 is 14.4 Å². The summed E-state index contributed by atoms with van der Waals surface area (Å²) in [4.78, 5) is 46.0. The molecule has 2 aliphatic rings. The van der Waals surface area contributed by atoms with Crippen LogP contribution in [0, 0.1) is 0 Å². The third kappa shape index (κ3) is 3.46. The molecule has 0 saturated heterocycles. The van der Waals surface area contributed by atoms with Gasteiger partial charge in [-0.3, -0.25) is 24.2 Å². The van der Waals surface area contributed by atoms with Gasteiger partial charge in [0.25, 0.3) is 11.8 Å². The summed E-state index contributed by atoms with van der Waals surface area (Å²) in [5.74, 6) is -0.866. The quantitative estimate of drug-likeness (QED) is 0.574. The molecular formula is C27H25ClN4O3. The van der Waals surface area contributed by atoms with E-state index in [0.29, 0.717) is 46.3 Å². The summed E-state index contributed by atoms with van der Waals surface area (Å²) < 4.78 is 0. The number of anilines is 3. The van der Waals surface area contributed by atoms with Crippen LogP contribution in [0.2, 0.25) is 5.02 Å². The summed E-state index contributed by atoms with van der Waals surface area (Å²) in [6, 6.07) is 21.2. The highest BCUT2D eigenvalue weighted by Crippen LogP contribution is 2.49. The molecule has 3 amide bonds. The molecule has 0 fully saturated rings. The molecule has 2 heterocycles. The first-order valence-electron chi connectivity index (χ1n) is 11.6. The van der Waals surface area contributed by atoms with E-state index in [4.69, 9.17) is 11.6 Å². The molecular weight excluding hydrogens is 464 g/mol. The molecule has 35 heavy (non-hydrogen) atoms. The normalized spacial score (nSPS) is 18.4. The van der Waals surface area contributed by atoms with Crippen LogP contribution in [0.5, 0.6) is 0 Å². The van der Waals surface area contributed by atoms with Crippen LogP contribution in [-0.4, -0.2) is 42.3 Å². The maximum absolute atomic E-state index is 14.4. The van der Waals surface area contributed by atoms with Crippen molar-refractivity contribution in [2.45, 2.75) is 19.5 Å². The average Bonchev–Trinajstić information content (AvgIpc) is 3.09. The van der Waals surface area contributed by atoms with Crippen LogP contribution in [0.4, 0.5) is 17.1 Å². The smallest absolute Gasteiger partial charge is 0.279 e. The van der Waals surface area contributed by atoms with Crippen molar-refractivity contribution in [2.75, 3.05) is 34.8 Å². The minimum atomic E-state index is -1.56. The lowest BCUT2D eigenvalue weighted by Gasteiger charge is -2.45. The number of carbonyl (C=O) groups excluding carboxylic acids is 3. The van der Waals surface area contributed by atoms with Crippen LogP contribution in [0.25, 0.3) is 0 Å². The molecule has 1 N–H and O–H groups in total. The Labute approximate surface area is 208 Å². The zero-order chi connectivity index (χ0) is 24.7. The fourth-order valence-corrected chi connectivity index (χ4v) is 5.07. The Morgan fingerprint density at radius 2 is 1.60 bits per heavy atom. The van der Waals surface area contributed by atoms with Crippen molar-refractivity contribution in [3.8, 4) is 0 Å². The molecule has 3 aromatic rings. The summed E-state index contributed by atoms with van der Waals surface area (Å²) in [5.41, 5.74) is 1.17. The van der Waals surface area contributed by atoms with E-state index in [0.717, 1.165) is 0 Å². The zero-order valence-electron chi connectivity index (χ0n) is 19.5. The molecule has 0 bridgehead atoms. The maximum Gasteiger partial charge on any atom is 0.279 e. The summed E-state index contributed by atoms with van der Waals surface area (Å²) in [6.45, 7) is 4.79. The summed E-state index contributed by atoms with van der Waals surface area (Å²) in [6.07, 6.45) is 0. The predicted molar refractivity (Wildman–Crippen MR) is 137 cm³/mol.